The second-order valence-corrected chi connectivity index (χ2v) is 3.52. The number of nitrogens with zero attached hydrogens (tertiary/aromatic N) is 1. The Balaban J connectivity index is 2.88. The molecule has 0 saturated heterocycles. The molecule has 0 amide bonds. The number of rotatable bonds is 3. The van der Waals surface area contributed by atoms with Crippen LogP contribution >= 0.6 is 22.5 Å². The first-order chi connectivity index (χ1) is 5.74. The Morgan fingerprint density at radius 1 is 1.58 bits per heavy atom. The first-order valence-corrected chi connectivity index (χ1v) is 5.27. The quantitative estimate of drug-likeness (QED) is 0.354. The molecule has 0 aliphatic heterocycles. The van der Waals surface area contributed by atoms with E-state index in [0.29, 0.717) is 5.75 Å². The number of hydrogen-bond acceptors (Lipinski definition) is 4. The molecule has 0 aliphatic carbocycles. The van der Waals surface area contributed by atoms with Crippen molar-refractivity contribution in [3.05, 3.63) is 39.9 Å². The molecule has 0 spiro atoms. The van der Waals surface area contributed by atoms with E-state index in [9.17, 15) is 10.1 Å². The average Bonchev–Trinajstić information content (AvgIpc) is 2.05. The van der Waals surface area contributed by atoms with Gasteiger partial charge in [0.25, 0.3) is 5.69 Å². The molecule has 0 aromatic heterocycles. The first kappa shape index (κ1) is 9.41. The van der Waals surface area contributed by atoms with Gasteiger partial charge >= 0.3 is 0 Å². The summed E-state index contributed by atoms with van der Waals surface area (Å²) in [6.07, 6.45) is 0. The van der Waals surface area contributed by atoms with Crippen LogP contribution < -0.4 is 0 Å². The van der Waals surface area contributed by atoms with E-state index in [1.165, 1.54) is 16.9 Å². The van der Waals surface area contributed by atoms with E-state index >= 15 is 0 Å². The van der Waals surface area contributed by atoms with Crippen LogP contribution in [0.5, 0.6) is 0 Å². The Morgan fingerprint density at radius 3 is 2.92 bits per heavy atom. The van der Waals surface area contributed by atoms with Crippen molar-refractivity contribution in [1.82, 2.24) is 0 Å². The minimum atomic E-state index is -0.396. The first-order valence-electron chi connectivity index (χ1n) is 3.23. The number of hydrogen-bond donors (Lipinski definition) is 1. The van der Waals surface area contributed by atoms with E-state index in [-0.39, 0.29) is 5.69 Å². The molecular weight excluding hydrogens is 194 g/mol. The maximum Gasteiger partial charge on any atom is 0.269 e. The second-order valence-electron chi connectivity index (χ2n) is 2.20. The molecule has 64 valence electrons. The fraction of sp³-hybridized carbons (Fsp3) is 0.143. The molecule has 0 fully saturated rings. The molecule has 0 aliphatic rings. The van der Waals surface area contributed by atoms with Gasteiger partial charge in [-0.2, -0.15) is 0 Å². The monoisotopic (exact) mass is 201 g/mol. The molecule has 0 unspecified atom stereocenters. The van der Waals surface area contributed by atoms with Gasteiger partial charge in [-0.05, 0) is 5.56 Å². The molecule has 1 rings (SSSR count). The Hall–Kier alpha value is -0.680. The zero-order valence-electron chi connectivity index (χ0n) is 6.14. The lowest BCUT2D eigenvalue weighted by Gasteiger charge is -1.96. The van der Waals surface area contributed by atoms with Gasteiger partial charge in [-0.15, -0.1) is 11.7 Å². The normalized spacial score (nSPS) is 9.75. The molecule has 0 heterocycles. The molecule has 1 aromatic carbocycles. The third-order valence-corrected chi connectivity index (χ3v) is 2.20. The van der Waals surface area contributed by atoms with Crippen molar-refractivity contribution in [1.29, 1.82) is 0 Å². The van der Waals surface area contributed by atoms with E-state index < -0.39 is 4.92 Å². The molecule has 5 heteroatoms. The van der Waals surface area contributed by atoms with Crippen LogP contribution in [0.25, 0.3) is 0 Å². The van der Waals surface area contributed by atoms with Crippen LogP contribution in [-0.4, -0.2) is 4.92 Å². The highest BCUT2D eigenvalue weighted by atomic mass is 33.1. The minimum Gasteiger partial charge on any atom is -0.258 e. The Kier molecular flexibility index (Phi) is 3.43. The van der Waals surface area contributed by atoms with Crippen LogP contribution in [-0.2, 0) is 5.75 Å². The van der Waals surface area contributed by atoms with Crippen LogP contribution in [0.4, 0.5) is 5.69 Å². The number of thiol groups is 1. The molecule has 0 bridgehead atoms. The number of nitro benzene ring substituents is 1. The predicted octanol–water partition coefficient (Wildman–Crippen LogP) is 2.67. The van der Waals surface area contributed by atoms with Crippen LogP contribution in [0.3, 0.4) is 0 Å². The summed E-state index contributed by atoms with van der Waals surface area (Å²) in [6.45, 7) is 0. The summed E-state index contributed by atoms with van der Waals surface area (Å²) in [6, 6.07) is 6.56. The maximum absolute atomic E-state index is 10.3. The van der Waals surface area contributed by atoms with Gasteiger partial charge in [-0.3, -0.25) is 10.1 Å². The van der Waals surface area contributed by atoms with Crippen LogP contribution in [0.2, 0.25) is 0 Å². The van der Waals surface area contributed by atoms with E-state index in [1.54, 1.807) is 12.1 Å². The average molecular weight is 201 g/mol. The molecular formula is C7H7NO2S2. The number of nitro groups is 1. The molecule has 0 radical (unpaired) electrons. The van der Waals surface area contributed by atoms with Gasteiger partial charge < -0.3 is 0 Å². The summed E-state index contributed by atoms with van der Waals surface area (Å²) in [5.41, 5.74) is 1.05. The van der Waals surface area contributed by atoms with Gasteiger partial charge in [0.2, 0.25) is 0 Å². The number of non-ortho nitro benzene ring substituents is 1. The highest BCUT2D eigenvalue weighted by Gasteiger charge is 2.04. The zero-order chi connectivity index (χ0) is 8.97. The van der Waals surface area contributed by atoms with Crippen molar-refractivity contribution in [3.8, 4) is 0 Å². The standard InChI is InChI=1S/C7H7NO2S2/c9-8(10)7-3-1-2-6(4-7)5-12-11/h1-4,11H,5H2. The van der Waals surface area contributed by atoms with Crippen molar-refractivity contribution in [2.75, 3.05) is 0 Å². The Morgan fingerprint density at radius 2 is 2.33 bits per heavy atom. The van der Waals surface area contributed by atoms with Gasteiger partial charge in [0.15, 0.2) is 0 Å². The summed E-state index contributed by atoms with van der Waals surface area (Å²) in [5, 5.41) is 10.3. The van der Waals surface area contributed by atoms with E-state index in [1.807, 2.05) is 6.07 Å². The lowest BCUT2D eigenvalue weighted by atomic mass is 10.2. The van der Waals surface area contributed by atoms with Crippen molar-refractivity contribution in [2.24, 2.45) is 0 Å². The molecule has 1 aromatic rings. The molecule has 3 nitrogen and oxygen atoms in total. The van der Waals surface area contributed by atoms with Crippen LogP contribution in [0, 0.1) is 10.1 Å². The van der Waals surface area contributed by atoms with Crippen molar-refractivity contribution in [3.63, 3.8) is 0 Å². The van der Waals surface area contributed by atoms with Crippen molar-refractivity contribution < 1.29 is 4.92 Å². The lowest BCUT2D eigenvalue weighted by Crippen LogP contribution is -1.88. The van der Waals surface area contributed by atoms with Crippen molar-refractivity contribution >= 4 is 28.1 Å². The van der Waals surface area contributed by atoms with Crippen molar-refractivity contribution in [2.45, 2.75) is 5.75 Å². The van der Waals surface area contributed by atoms with E-state index in [0.717, 1.165) is 5.56 Å². The fourth-order valence-corrected chi connectivity index (χ4v) is 1.61. The third kappa shape index (κ3) is 2.42. The molecule has 0 saturated carbocycles. The van der Waals surface area contributed by atoms with E-state index in [4.69, 9.17) is 0 Å². The summed E-state index contributed by atoms with van der Waals surface area (Å²) in [4.78, 5) is 9.94. The maximum atomic E-state index is 10.3. The highest BCUT2D eigenvalue weighted by molar-refractivity contribution is 8.68. The van der Waals surface area contributed by atoms with E-state index in [2.05, 4.69) is 11.7 Å². The van der Waals surface area contributed by atoms with Gasteiger partial charge in [0, 0.05) is 17.9 Å². The molecule has 12 heavy (non-hydrogen) atoms. The fourth-order valence-electron chi connectivity index (χ4n) is 0.834. The Labute approximate surface area is 79.1 Å². The molecule has 0 N–H and O–H groups in total. The molecule has 0 atom stereocenters. The lowest BCUT2D eigenvalue weighted by molar-refractivity contribution is -0.384. The van der Waals surface area contributed by atoms with Gasteiger partial charge in [0.1, 0.15) is 0 Å². The SMILES string of the molecule is O=[N+]([O-])c1cccc(CSS)c1. The zero-order valence-corrected chi connectivity index (χ0v) is 7.85. The van der Waals surface area contributed by atoms with Gasteiger partial charge in [-0.1, -0.05) is 22.9 Å². The largest absolute Gasteiger partial charge is 0.269 e. The summed E-state index contributed by atoms with van der Waals surface area (Å²) < 4.78 is 0. The predicted molar refractivity (Wildman–Crippen MR) is 53.4 cm³/mol. The minimum absolute atomic E-state index is 0.134. The smallest absolute Gasteiger partial charge is 0.258 e. The summed E-state index contributed by atoms with van der Waals surface area (Å²) >= 11 is 3.96. The van der Waals surface area contributed by atoms with Gasteiger partial charge in [0.05, 0.1) is 4.92 Å². The topological polar surface area (TPSA) is 43.1 Å². The summed E-state index contributed by atoms with van der Waals surface area (Å²) in [5.74, 6) is 0.685. The van der Waals surface area contributed by atoms with Crippen LogP contribution in [0.15, 0.2) is 24.3 Å². The number of benzene rings is 1. The highest BCUT2D eigenvalue weighted by Crippen LogP contribution is 2.19. The summed E-state index contributed by atoms with van der Waals surface area (Å²) in [7, 11) is 1.35. The third-order valence-electron chi connectivity index (χ3n) is 1.35. The Bertz CT molecular complexity index is 290. The van der Waals surface area contributed by atoms with Gasteiger partial charge in [-0.25, -0.2) is 0 Å². The van der Waals surface area contributed by atoms with Crippen LogP contribution in [0.1, 0.15) is 5.56 Å². The second kappa shape index (κ2) is 4.37.